The standard InChI is InChI=1S/C16H31N/c1-13(2)14-8-4-5-9-15(14)17-12-16(3)10-6-7-11-16/h13-15,17H,4-12H2,1-3H3. The Morgan fingerprint density at radius 3 is 2.35 bits per heavy atom. The zero-order chi connectivity index (χ0) is 12.3. The smallest absolute Gasteiger partial charge is 0.00979 e. The molecule has 0 aliphatic heterocycles. The summed E-state index contributed by atoms with van der Waals surface area (Å²) in [5, 5.41) is 3.94. The van der Waals surface area contributed by atoms with Crippen LogP contribution in [0, 0.1) is 17.3 Å². The molecule has 17 heavy (non-hydrogen) atoms. The predicted octanol–water partition coefficient (Wildman–Crippen LogP) is 4.37. The largest absolute Gasteiger partial charge is 0.313 e. The van der Waals surface area contributed by atoms with Gasteiger partial charge in [0.15, 0.2) is 0 Å². The van der Waals surface area contributed by atoms with Gasteiger partial charge in [0, 0.05) is 12.6 Å². The molecule has 0 aromatic rings. The van der Waals surface area contributed by atoms with Crippen LogP contribution in [0.3, 0.4) is 0 Å². The summed E-state index contributed by atoms with van der Waals surface area (Å²) in [5.41, 5.74) is 0.610. The van der Waals surface area contributed by atoms with E-state index < -0.39 is 0 Å². The van der Waals surface area contributed by atoms with Crippen molar-refractivity contribution in [1.82, 2.24) is 5.32 Å². The van der Waals surface area contributed by atoms with E-state index in [1.54, 1.807) is 0 Å². The van der Waals surface area contributed by atoms with Gasteiger partial charge in [-0.1, -0.05) is 46.5 Å². The molecule has 2 rings (SSSR count). The van der Waals surface area contributed by atoms with Crippen molar-refractivity contribution in [1.29, 1.82) is 0 Å². The van der Waals surface area contributed by atoms with Gasteiger partial charge < -0.3 is 5.32 Å². The molecule has 0 spiro atoms. The van der Waals surface area contributed by atoms with Gasteiger partial charge in [-0.15, -0.1) is 0 Å². The minimum atomic E-state index is 0.610. The molecule has 0 amide bonds. The van der Waals surface area contributed by atoms with Gasteiger partial charge in [-0.2, -0.15) is 0 Å². The fraction of sp³-hybridized carbons (Fsp3) is 1.00. The molecule has 0 saturated heterocycles. The van der Waals surface area contributed by atoms with Crippen molar-refractivity contribution in [3.8, 4) is 0 Å². The average molecular weight is 237 g/mol. The maximum Gasteiger partial charge on any atom is 0.00979 e. The van der Waals surface area contributed by atoms with E-state index in [1.165, 1.54) is 57.9 Å². The summed E-state index contributed by atoms with van der Waals surface area (Å²) in [7, 11) is 0. The Labute approximate surface area is 108 Å². The van der Waals surface area contributed by atoms with Crippen LogP contribution in [0.25, 0.3) is 0 Å². The lowest BCUT2D eigenvalue weighted by Crippen LogP contribution is -2.44. The van der Waals surface area contributed by atoms with E-state index in [0.717, 1.165) is 17.9 Å². The normalized spacial score (nSPS) is 33.2. The van der Waals surface area contributed by atoms with Crippen LogP contribution < -0.4 is 5.32 Å². The SMILES string of the molecule is CC(C)C1CCCCC1NCC1(C)CCCC1. The molecule has 2 unspecified atom stereocenters. The Morgan fingerprint density at radius 2 is 1.71 bits per heavy atom. The number of hydrogen-bond donors (Lipinski definition) is 1. The van der Waals surface area contributed by atoms with Gasteiger partial charge in [-0.05, 0) is 42.9 Å². The monoisotopic (exact) mass is 237 g/mol. The molecule has 100 valence electrons. The molecule has 1 heteroatoms. The van der Waals surface area contributed by atoms with Crippen LogP contribution in [0.15, 0.2) is 0 Å². The third-order valence-electron chi connectivity index (χ3n) is 5.28. The number of hydrogen-bond acceptors (Lipinski definition) is 1. The first-order valence-corrected chi connectivity index (χ1v) is 7.84. The lowest BCUT2D eigenvalue weighted by Gasteiger charge is -2.37. The summed E-state index contributed by atoms with van der Waals surface area (Å²) in [6.07, 6.45) is 11.6. The van der Waals surface area contributed by atoms with E-state index in [4.69, 9.17) is 0 Å². The molecule has 2 atom stereocenters. The van der Waals surface area contributed by atoms with Crippen molar-refractivity contribution in [2.24, 2.45) is 17.3 Å². The van der Waals surface area contributed by atoms with Gasteiger partial charge in [0.25, 0.3) is 0 Å². The Balaban J connectivity index is 1.83. The maximum absolute atomic E-state index is 3.94. The van der Waals surface area contributed by atoms with Crippen LogP contribution in [0.5, 0.6) is 0 Å². The Morgan fingerprint density at radius 1 is 1.06 bits per heavy atom. The lowest BCUT2D eigenvalue weighted by molar-refractivity contribution is 0.183. The minimum absolute atomic E-state index is 0.610. The molecule has 1 N–H and O–H groups in total. The van der Waals surface area contributed by atoms with Crippen molar-refractivity contribution in [3.63, 3.8) is 0 Å². The number of rotatable bonds is 4. The molecule has 2 aliphatic rings. The first-order chi connectivity index (χ1) is 8.11. The van der Waals surface area contributed by atoms with Crippen molar-refractivity contribution in [2.75, 3.05) is 6.54 Å². The fourth-order valence-electron chi connectivity index (χ4n) is 3.99. The highest BCUT2D eigenvalue weighted by Gasteiger charge is 2.32. The second kappa shape index (κ2) is 5.73. The van der Waals surface area contributed by atoms with Gasteiger partial charge >= 0.3 is 0 Å². The minimum Gasteiger partial charge on any atom is -0.313 e. The summed E-state index contributed by atoms with van der Waals surface area (Å²) in [4.78, 5) is 0. The van der Waals surface area contributed by atoms with Crippen LogP contribution in [-0.4, -0.2) is 12.6 Å². The zero-order valence-corrected chi connectivity index (χ0v) is 12.1. The van der Waals surface area contributed by atoms with E-state index >= 15 is 0 Å². The molecule has 2 aliphatic carbocycles. The molecule has 0 bridgehead atoms. The fourth-order valence-corrected chi connectivity index (χ4v) is 3.99. The van der Waals surface area contributed by atoms with Crippen LogP contribution in [0.1, 0.15) is 72.1 Å². The van der Waals surface area contributed by atoms with Crippen LogP contribution >= 0.6 is 0 Å². The molecule has 0 aromatic carbocycles. The summed E-state index contributed by atoms with van der Waals surface area (Å²) < 4.78 is 0. The second-order valence-corrected chi connectivity index (χ2v) is 7.20. The van der Waals surface area contributed by atoms with E-state index in [1.807, 2.05) is 0 Å². The van der Waals surface area contributed by atoms with Crippen molar-refractivity contribution < 1.29 is 0 Å². The van der Waals surface area contributed by atoms with E-state index in [2.05, 4.69) is 26.1 Å². The van der Waals surface area contributed by atoms with Gasteiger partial charge in [0.05, 0.1) is 0 Å². The van der Waals surface area contributed by atoms with Crippen molar-refractivity contribution in [2.45, 2.75) is 78.2 Å². The van der Waals surface area contributed by atoms with Gasteiger partial charge in [0.2, 0.25) is 0 Å². The van der Waals surface area contributed by atoms with Crippen LogP contribution in [0.2, 0.25) is 0 Å². The predicted molar refractivity (Wildman–Crippen MR) is 75.2 cm³/mol. The summed E-state index contributed by atoms with van der Waals surface area (Å²) in [6, 6.07) is 0.807. The molecule has 1 nitrogen and oxygen atoms in total. The molecule has 0 radical (unpaired) electrons. The van der Waals surface area contributed by atoms with Crippen LogP contribution in [0.4, 0.5) is 0 Å². The topological polar surface area (TPSA) is 12.0 Å². The first-order valence-electron chi connectivity index (χ1n) is 7.84. The first kappa shape index (κ1) is 13.4. The quantitative estimate of drug-likeness (QED) is 0.765. The van der Waals surface area contributed by atoms with Crippen LogP contribution in [-0.2, 0) is 0 Å². The third kappa shape index (κ3) is 3.47. The van der Waals surface area contributed by atoms with E-state index in [0.29, 0.717) is 5.41 Å². The van der Waals surface area contributed by atoms with E-state index in [9.17, 15) is 0 Å². The molecular formula is C16H31N. The third-order valence-corrected chi connectivity index (χ3v) is 5.28. The summed E-state index contributed by atoms with van der Waals surface area (Å²) in [6.45, 7) is 8.56. The Kier molecular flexibility index (Phi) is 4.52. The molecule has 0 heterocycles. The van der Waals surface area contributed by atoms with E-state index in [-0.39, 0.29) is 0 Å². The lowest BCUT2D eigenvalue weighted by atomic mass is 9.77. The molecule has 2 saturated carbocycles. The second-order valence-electron chi connectivity index (χ2n) is 7.20. The highest BCUT2D eigenvalue weighted by molar-refractivity contribution is 4.88. The van der Waals surface area contributed by atoms with Crippen molar-refractivity contribution in [3.05, 3.63) is 0 Å². The Bertz CT molecular complexity index is 228. The van der Waals surface area contributed by atoms with Gasteiger partial charge in [0.1, 0.15) is 0 Å². The van der Waals surface area contributed by atoms with Gasteiger partial charge in [-0.25, -0.2) is 0 Å². The maximum atomic E-state index is 3.94. The molecule has 0 aromatic heterocycles. The summed E-state index contributed by atoms with van der Waals surface area (Å²) >= 11 is 0. The highest BCUT2D eigenvalue weighted by atomic mass is 14.9. The highest BCUT2D eigenvalue weighted by Crippen LogP contribution is 2.38. The van der Waals surface area contributed by atoms with Gasteiger partial charge in [-0.3, -0.25) is 0 Å². The number of nitrogens with one attached hydrogen (secondary N) is 1. The molecule has 2 fully saturated rings. The summed E-state index contributed by atoms with van der Waals surface area (Å²) in [5.74, 6) is 1.78. The Hall–Kier alpha value is -0.0400. The van der Waals surface area contributed by atoms with Crippen molar-refractivity contribution >= 4 is 0 Å². The molecular weight excluding hydrogens is 206 g/mol. The average Bonchev–Trinajstić information content (AvgIpc) is 2.74. The zero-order valence-electron chi connectivity index (χ0n) is 12.1.